The van der Waals surface area contributed by atoms with E-state index in [1.807, 2.05) is 115 Å². The van der Waals surface area contributed by atoms with E-state index in [4.69, 9.17) is 9.15 Å². The number of hydrogen-bond acceptors (Lipinski definition) is 3. The van der Waals surface area contributed by atoms with Gasteiger partial charge in [-0.3, -0.25) is 4.57 Å². The molecule has 0 aliphatic heterocycles. The van der Waals surface area contributed by atoms with Crippen LogP contribution in [-0.2, 0) is 6.54 Å². The summed E-state index contributed by atoms with van der Waals surface area (Å²) in [5.41, 5.74) is 3.55. The Morgan fingerprint density at radius 2 is 1.16 bits per heavy atom. The highest BCUT2D eigenvalue weighted by atomic mass is 16.5. The fourth-order valence-corrected chi connectivity index (χ4v) is 3.69. The third-order valence-corrected chi connectivity index (χ3v) is 5.22. The van der Waals surface area contributed by atoms with Crippen molar-refractivity contribution in [3.05, 3.63) is 131 Å². The molecule has 0 radical (unpaired) electrons. The molecular formula is C28H21NO3. The van der Waals surface area contributed by atoms with Crippen molar-refractivity contribution >= 4 is 0 Å². The van der Waals surface area contributed by atoms with Crippen molar-refractivity contribution in [2.75, 3.05) is 0 Å². The summed E-state index contributed by atoms with van der Waals surface area (Å²) in [6, 6.07) is 37.0. The molecule has 4 heteroatoms. The summed E-state index contributed by atoms with van der Waals surface area (Å²) >= 11 is 0. The summed E-state index contributed by atoms with van der Waals surface area (Å²) in [7, 11) is 0. The van der Waals surface area contributed by atoms with Crippen molar-refractivity contribution in [1.29, 1.82) is 0 Å². The number of oxazole rings is 1. The Morgan fingerprint density at radius 1 is 0.625 bits per heavy atom. The first-order valence-electron chi connectivity index (χ1n) is 10.4. The van der Waals surface area contributed by atoms with Crippen LogP contribution in [0.2, 0.25) is 0 Å². The Kier molecular flexibility index (Phi) is 5.41. The molecule has 0 fully saturated rings. The van der Waals surface area contributed by atoms with Crippen molar-refractivity contribution in [3.63, 3.8) is 0 Å². The highest BCUT2D eigenvalue weighted by molar-refractivity contribution is 5.77. The number of nitrogens with zero attached hydrogens (tertiary/aromatic N) is 1. The lowest BCUT2D eigenvalue weighted by Crippen LogP contribution is -2.16. The number of aromatic nitrogens is 1. The molecule has 4 nitrogen and oxygen atoms in total. The highest BCUT2D eigenvalue weighted by Crippen LogP contribution is 2.32. The van der Waals surface area contributed by atoms with E-state index in [1.165, 1.54) is 0 Å². The molecule has 0 atom stereocenters. The Labute approximate surface area is 186 Å². The van der Waals surface area contributed by atoms with Crippen molar-refractivity contribution in [2.24, 2.45) is 0 Å². The zero-order chi connectivity index (χ0) is 21.8. The average Bonchev–Trinajstić information content (AvgIpc) is 3.18. The number of benzene rings is 4. The molecule has 5 aromatic rings. The molecule has 4 aromatic carbocycles. The van der Waals surface area contributed by atoms with Gasteiger partial charge in [-0.1, -0.05) is 91.0 Å². The van der Waals surface area contributed by atoms with Crippen LogP contribution >= 0.6 is 0 Å². The lowest BCUT2D eigenvalue weighted by Gasteiger charge is -2.10. The third-order valence-electron chi connectivity index (χ3n) is 5.22. The van der Waals surface area contributed by atoms with E-state index in [2.05, 4.69) is 0 Å². The minimum atomic E-state index is -0.382. The molecule has 0 unspecified atom stereocenters. The molecule has 0 amide bonds. The van der Waals surface area contributed by atoms with Gasteiger partial charge in [-0.15, -0.1) is 0 Å². The predicted octanol–water partition coefficient (Wildman–Crippen LogP) is 6.62. The Hall–Kier alpha value is -4.31. The van der Waals surface area contributed by atoms with E-state index in [0.29, 0.717) is 12.3 Å². The number of hydrogen-bond donors (Lipinski definition) is 0. The van der Waals surface area contributed by atoms with Crippen LogP contribution in [0.25, 0.3) is 22.6 Å². The van der Waals surface area contributed by atoms with Crippen LogP contribution in [0.5, 0.6) is 11.5 Å². The smallest absolute Gasteiger partial charge is 0.420 e. The molecular weight excluding hydrogens is 398 g/mol. The monoisotopic (exact) mass is 419 g/mol. The van der Waals surface area contributed by atoms with E-state index in [-0.39, 0.29) is 5.76 Å². The van der Waals surface area contributed by atoms with Crippen LogP contribution in [0.15, 0.2) is 124 Å². The summed E-state index contributed by atoms with van der Waals surface area (Å²) < 4.78 is 13.3. The fourth-order valence-electron chi connectivity index (χ4n) is 3.69. The van der Waals surface area contributed by atoms with Gasteiger partial charge in [0, 0.05) is 11.1 Å². The van der Waals surface area contributed by atoms with E-state index < -0.39 is 0 Å². The molecule has 1 heterocycles. The van der Waals surface area contributed by atoms with Crippen LogP contribution in [-0.4, -0.2) is 4.57 Å². The average molecular weight is 419 g/mol. The second-order valence-electron chi connectivity index (χ2n) is 7.42. The lowest BCUT2D eigenvalue weighted by atomic mass is 10.1. The zero-order valence-electron chi connectivity index (χ0n) is 17.3. The van der Waals surface area contributed by atoms with Crippen LogP contribution in [0.3, 0.4) is 0 Å². The van der Waals surface area contributed by atoms with Gasteiger partial charge >= 0.3 is 5.76 Å². The van der Waals surface area contributed by atoms with Crippen molar-refractivity contribution in [1.82, 2.24) is 4.57 Å². The van der Waals surface area contributed by atoms with Gasteiger partial charge in [-0.2, -0.15) is 0 Å². The van der Waals surface area contributed by atoms with Crippen molar-refractivity contribution < 1.29 is 9.15 Å². The summed E-state index contributed by atoms with van der Waals surface area (Å²) in [5, 5.41) is 0. The Balaban J connectivity index is 1.50. The predicted molar refractivity (Wildman–Crippen MR) is 126 cm³/mol. The normalized spacial score (nSPS) is 10.8. The van der Waals surface area contributed by atoms with Gasteiger partial charge in [-0.25, -0.2) is 4.79 Å². The Morgan fingerprint density at radius 3 is 1.78 bits per heavy atom. The van der Waals surface area contributed by atoms with Crippen LogP contribution < -0.4 is 10.5 Å². The van der Waals surface area contributed by atoms with Crippen molar-refractivity contribution in [3.8, 4) is 34.1 Å². The van der Waals surface area contributed by atoms with E-state index in [0.717, 1.165) is 33.9 Å². The standard InChI is InChI=1S/C28H21NO3/c30-28-29(20-21-16-18-25(19-17-21)31-24-14-8-3-9-15-24)26(22-10-4-1-5-11-22)27(32-28)23-12-6-2-7-13-23/h1-19H,20H2. The van der Waals surface area contributed by atoms with Gasteiger partial charge in [-0.05, 0) is 29.8 Å². The quantitative estimate of drug-likeness (QED) is 0.311. The topological polar surface area (TPSA) is 44.4 Å². The molecule has 5 rings (SSSR count). The Bertz CT molecular complexity index is 1350. The van der Waals surface area contributed by atoms with Gasteiger partial charge in [0.2, 0.25) is 0 Å². The minimum Gasteiger partial charge on any atom is -0.457 e. The largest absolute Gasteiger partial charge is 0.457 e. The molecule has 0 N–H and O–H groups in total. The highest BCUT2D eigenvalue weighted by Gasteiger charge is 2.20. The van der Waals surface area contributed by atoms with Crippen molar-refractivity contribution in [2.45, 2.75) is 6.54 Å². The maximum Gasteiger partial charge on any atom is 0.420 e. The molecule has 32 heavy (non-hydrogen) atoms. The second kappa shape index (κ2) is 8.82. The van der Waals surface area contributed by atoms with Gasteiger partial charge in [0.25, 0.3) is 0 Å². The molecule has 0 bridgehead atoms. The third kappa shape index (κ3) is 4.12. The number of ether oxygens (including phenoxy) is 1. The maximum atomic E-state index is 12.9. The van der Waals surface area contributed by atoms with Crippen LogP contribution in [0.1, 0.15) is 5.56 Å². The zero-order valence-corrected chi connectivity index (χ0v) is 17.3. The summed E-state index contributed by atoms with van der Waals surface area (Å²) in [5.74, 6) is 1.72. The second-order valence-corrected chi connectivity index (χ2v) is 7.42. The van der Waals surface area contributed by atoms with Crippen LogP contribution in [0, 0.1) is 0 Å². The van der Waals surface area contributed by atoms with Gasteiger partial charge in [0.1, 0.15) is 11.5 Å². The summed E-state index contributed by atoms with van der Waals surface area (Å²) in [6.07, 6.45) is 0. The molecule has 1 aromatic heterocycles. The van der Waals surface area contributed by atoms with Gasteiger partial charge < -0.3 is 9.15 Å². The molecule has 0 saturated heterocycles. The summed E-state index contributed by atoms with van der Waals surface area (Å²) in [4.78, 5) is 12.9. The van der Waals surface area contributed by atoms with E-state index in [1.54, 1.807) is 4.57 Å². The SMILES string of the molecule is O=c1oc(-c2ccccc2)c(-c2ccccc2)n1Cc1ccc(Oc2ccccc2)cc1. The fraction of sp³-hybridized carbons (Fsp3) is 0.0357. The minimum absolute atomic E-state index is 0.382. The van der Waals surface area contributed by atoms with Crippen LogP contribution in [0.4, 0.5) is 0 Å². The first-order valence-corrected chi connectivity index (χ1v) is 10.4. The maximum absolute atomic E-state index is 12.9. The van der Waals surface area contributed by atoms with Gasteiger partial charge in [0.05, 0.1) is 12.2 Å². The summed E-state index contributed by atoms with van der Waals surface area (Å²) in [6.45, 7) is 0.394. The lowest BCUT2D eigenvalue weighted by molar-refractivity contribution is 0.482. The molecule has 156 valence electrons. The molecule has 0 aliphatic carbocycles. The van der Waals surface area contributed by atoms with Gasteiger partial charge in [0.15, 0.2) is 5.76 Å². The van der Waals surface area contributed by atoms with E-state index in [9.17, 15) is 4.79 Å². The molecule has 0 aliphatic rings. The first kappa shape index (κ1) is 19.6. The molecule has 0 spiro atoms. The molecule has 0 saturated carbocycles. The van der Waals surface area contributed by atoms with E-state index >= 15 is 0 Å². The number of rotatable bonds is 6. The first-order chi connectivity index (χ1) is 15.8. The number of para-hydroxylation sites is 1.